The van der Waals surface area contributed by atoms with Crippen LogP contribution in [0.2, 0.25) is 0 Å². The molecular formula is C50H30OS. The van der Waals surface area contributed by atoms with Gasteiger partial charge in [0.05, 0.1) is 0 Å². The molecule has 0 amide bonds. The van der Waals surface area contributed by atoms with Gasteiger partial charge in [-0.3, -0.25) is 0 Å². The van der Waals surface area contributed by atoms with Crippen molar-refractivity contribution < 1.29 is 4.42 Å². The second-order valence-electron chi connectivity index (χ2n) is 13.5. The third kappa shape index (κ3) is 4.35. The lowest BCUT2D eigenvalue weighted by atomic mass is 9.84. The first kappa shape index (κ1) is 29.3. The number of furan rings is 1. The van der Waals surface area contributed by atoms with Gasteiger partial charge in [-0.25, -0.2) is 0 Å². The van der Waals surface area contributed by atoms with Crippen molar-refractivity contribution in [3.8, 4) is 44.7 Å². The summed E-state index contributed by atoms with van der Waals surface area (Å²) >= 11 is 1.84. The van der Waals surface area contributed by atoms with Crippen LogP contribution in [0, 0.1) is 0 Å². The van der Waals surface area contributed by atoms with E-state index in [0.29, 0.717) is 0 Å². The lowest BCUT2D eigenvalue weighted by Gasteiger charge is -2.19. The van der Waals surface area contributed by atoms with Crippen molar-refractivity contribution in [2.24, 2.45) is 0 Å². The van der Waals surface area contributed by atoms with Crippen LogP contribution in [0.15, 0.2) is 186 Å². The Labute approximate surface area is 304 Å². The highest BCUT2D eigenvalue weighted by molar-refractivity contribution is 7.26. The molecule has 2 heterocycles. The summed E-state index contributed by atoms with van der Waals surface area (Å²) in [6.07, 6.45) is 0. The van der Waals surface area contributed by atoms with E-state index < -0.39 is 0 Å². The highest BCUT2D eigenvalue weighted by atomic mass is 32.1. The minimum Gasteiger partial charge on any atom is -0.455 e. The molecule has 0 unspecified atom stereocenters. The van der Waals surface area contributed by atoms with Crippen LogP contribution in [0.3, 0.4) is 0 Å². The molecule has 0 radical (unpaired) electrons. The van der Waals surface area contributed by atoms with Gasteiger partial charge in [-0.2, -0.15) is 0 Å². The molecular weight excluding hydrogens is 649 g/mol. The quantitative estimate of drug-likeness (QED) is 0.169. The minimum absolute atomic E-state index is 0.908. The fourth-order valence-corrected chi connectivity index (χ4v) is 9.51. The van der Waals surface area contributed by atoms with Crippen LogP contribution in [0.5, 0.6) is 0 Å². The van der Waals surface area contributed by atoms with Crippen LogP contribution in [0.4, 0.5) is 0 Å². The largest absolute Gasteiger partial charge is 0.455 e. The van der Waals surface area contributed by atoms with Gasteiger partial charge in [-0.1, -0.05) is 158 Å². The van der Waals surface area contributed by atoms with E-state index in [1.54, 1.807) is 0 Å². The van der Waals surface area contributed by atoms with Gasteiger partial charge in [0, 0.05) is 36.7 Å². The van der Waals surface area contributed by atoms with E-state index in [1.165, 1.54) is 74.7 Å². The van der Waals surface area contributed by atoms with Crippen molar-refractivity contribution in [3.63, 3.8) is 0 Å². The number of hydrogen-bond donors (Lipinski definition) is 0. The maximum Gasteiger partial charge on any atom is 0.144 e. The zero-order valence-electron chi connectivity index (χ0n) is 28.1. The van der Waals surface area contributed by atoms with Crippen molar-refractivity contribution in [2.75, 3.05) is 0 Å². The number of rotatable bonds is 4. The summed E-state index contributed by atoms with van der Waals surface area (Å²) in [7, 11) is 0. The lowest BCUT2D eigenvalue weighted by molar-refractivity contribution is 0.636. The molecule has 0 aliphatic heterocycles. The molecule has 9 aromatic carbocycles. The van der Waals surface area contributed by atoms with Crippen molar-refractivity contribution >= 4 is 74.8 Å². The number of benzene rings is 9. The Morgan fingerprint density at radius 3 is 1.63 bits per heavy atom. The zero-order chi connectivity index (χ0) is 34.2. The summed E-state index contributed by atoms with van der Waals surface area (Å²) in [6, 6.07) is 66.0. The summed E-state index contributed by atoms with van der Waals surface area (Å²) in [4.78, 5) is 0. The Kier molecular flexibility index (Phi) is 6.49. The average Bonchev–Trinajstić information content (AvgIpc) is 3.79. The van der Waals surface area contributed by atoms with Gasteiger partial charge in [0.1, 0.15) is 11.3 Å². The smallest absolute Gasteiger partial charge is 0.144 e. The van der Waals surface area contributed by atoms with Gasteiger partial charge in [-0.05, 0) is 84.4 Å². The average molecular weight is 679 g/mol. The van der Waals surface area contributed by atoms with Crippen LogP contribution in [0.25, 0.3) is 108 Å². The molecule has 0 bridgehead atoms. The van der Waals surface area contributed by atoms with E-state index in [9.17, 15) is 0 Å². The molecule has 0 N–H and O–H groups in total. The highest BCUT2D eigenvalue weighted by Gasteiger charge is 2.23. The summed E-state index contributed by atoms with van der Waals surface area (Å²) < 4.78 is 9.50. The molecule has 242 valence electrons. The fourth-order valence-electron chi connectivity index (χ4n) is 8.43. The van der Waals surface area contributed by atoms with Crippen molar-refractivity contribution in [1.82, 2.24) is 0 Å². The van der Waals surface area contributed by atoms with Crippen molar-refractivity contribution in [1.29, 1.82) is 0 Å². The van der Waals surface area contributed by atoms with E-state index >= 15 is 0 Å². The maximum absolute atomic E-state index is 7.01. The van der Waals surface area contributed by atoms with E-state index in [1.807, 2.05) is 11.3 Å². The van der Waals surface area contributed by atoms with Crippen LogP contribution in [-0.4, -0.2) is 0 Å². The van der Waals surface area contributed by atoms with Gasteiger partial charge >= 0.3 is 0 Å². The second kappa shape index (κ2) is 11.5. The molecule has 0 aliphatic rings. The summed E-state index contributed by atoms with van der Waals surface area (Å²) in [5.74, 6) is 0.908. The molecule has 2 aromatic heterocycles. The van der Waals surface area contributed by atoms with Crippen LogP contribution in [-0.2, 0) is 0 Å². The van der Waals surface area contributed by atoms with Crippen molar-refractivity contribution in [3.05, 3.63) is 182 Å². The number of thiophene rings is 1. The Hall–Kier alpha value is -6.48. The third-order valence-electron chi connectivity index (χ3n) is 10.7. The van der Waals surface area contributed by atoms with Gasteiger partial charge in [0.2, 0.25) is 0 Å². The Bertz CT molecular complexity index is 3100. The Morgan fingerprint density at radius 2 is 0.923 bits per heavy atom. The molecule has 0 spiro atoms. The molecule has 0 saturated carbocycles. The molecule has 0 aliphatic carbocycles. The third-order valence-corrected chi connectivity index (χ3v) is 11.8. The molecule has 11 rings (SSSR count). The van der Waals surface area contributed by atoms with E-state index in [-0.39, 0.29) is 0 Å². The number of fused-ring (bicyclic) bond motifs is 8. The van der Waals surface area contributed by atoms with Gasteiger partial charge in [-0.15, -0.1) is 11.3 Å². The summed E-state index contributed by atoms with van der Waals surface area (Å²) in [6.45, 7) is 0. The summed E-state index contributed by atoms with van der Waals surface area (Å²) in [5, 5.41) is 11.1. The molecule has 0 saturated heterocycles. The standard InChI is InChI=1S/C50H30OS/c1-3-15-32(16-4-1)46-41-27-29-44-48(50(41)51-49(46)33-17-5-2-6-18-33)42-30-34(26-28-43(42)52-44)45-37-21-9-11-23-39(37)47(40-24-12-10-22-38(40)45)36-25-13-19-31-14-7-8-20-35(31)36/h1-30H. The monoisotopic (exact) mass is 678 g/mol. The predicted octanol–water partition coefficient (Wildman–Crippen LogP) is 14.9. The summed E-state index contributed by atoms with van der Waals surface area (Å²) in [5.41, 5.74) is 9.34. The maximum atomic E-state index is 7.01. The van der Waals surface area contributed by atoms with Gasteiger partial charge in [0.15, 0.2) is 0 Å². The van der Waals surface area contributed by atoms with E-state index in [0.717, 1.165) is 33.4 Å². The molecule has 0 fully saturated rings. The van der Waals surface area contributed by atoms with Crippen LogP contribution in [0.1, 0.15) is 0 Å². The SMILES string of the molecule is c1ccc(-c2oc3c(ccc4sc5ccc(-c6c7ccccc7c(-c7cccc8ccccc78)c7ccccc67)cc5c43)c2-c2ccccc2)cc1. The molecule has 2 heteroatoms. The second-order valence-corrected chi connectivity index (χ2v) is 14.6. The lowest BCUT2D eigenvalue weighted by Crippen LogP contribution is -1.91. The van der Waals surface area contributed by atoms with Gasteiger partial charge in [0.25, 0.3) is 0 Å². The Balaban J connectivity index is 1.21. The molecule has 1 nitrogen and oxygen atoms in total. The normalized spacial score (nSPS) is 11.8. The zero-order valence-corrected chi connectivity index (χ0v) is 29.0. The van der Waals surface area contributed by atoms with E-state index in [4.69, 9.17) is 4.42 Å². The highest BCUT2D eigenvalue weighted by Crippen LogP contribution is 2.49. The predicted molar refractivity (Wildman–Crippen MR) is 223 cm³/mol. The topological polar surface area (TPSA) is 13.1 Å². The Morgan fingerprint density at radius 1 is 0.346 bits per heavy atom. The van der Waals surface area contributed by atoms with E-state index in [2.05, 4.69) is 182 Å². The minimum atomic E-state index is 0.908. The molecule has 11 aromatic rings. The fraction of sp³-hybridized carbons (Fsp3) is 0. The number of hydrogen-bond acceptors (Lipinski definition) is 2. The molecule has 0 atom stereocenters. The van der Waals surface area contributed by atoms with Gasteiger partial charge < -0.3 is 4.42 Å². The first-order valence-corrected chi connectivity index (χ1v) is 18.6. The van der Waals surface area contributed by atoms with Crippen LogP contribution < -0.4 is 0 Å². The molecule has 52 heavy (non-hydrogen) atoms. The first-order valence-electron chi connectivity index (χ1n) is 17.8. The van der Waals surface area contributed by atoms with Crippen molar-refractivity contribution in [2.45, 2.75) is 0 Å². The first-order chi connectivity index (χ1) is 25.8. The van der Waals surface area contributed by atoms with Crippen LogP contribution >= 0.6 is 11.3 Å².